The van der Waals surface area contributed by atoms with E-state index >= 15 is 0 Å². The molecule has 0 atom stereocenters. The van der Waals surface area contributed by atoms with Crippen LogP contribution in [0.4, 0.5) is 9.59 Å². The van der Waals surface area contributed by atoms with Crippen LogP contribution in [0.5, 0.6) is 0 Å². The predicted octanol–water partition coefficient (Wildman–Crippen LogP) is 2.58. The van der Waals surface area contributed by atoms with Gasteiger partial charge < -0.3 is 15.0 Å². The Bertz CT molecular complexity index is 858. The van der Waals surface area contributed by atoms with E-state index in [1.165, 1.54) is 5.56 Å². The van der Waals surface area contributed by atoms with Crippen molar-refractivity contribution in [2.45, 2.75) is 45.5 Å². The summed E-state index contributed by atoms with van der Waals surface area (Å²) in [6, 6.07) is 10.7. The Morgan fingerprint density at radius 1 is 1.24 bits per heavy atom. The second-order valence-electron chi connectivity index (χ2n) is 7.51. The first-order valence-electron chi connectivity index (χ1n) is 10.2. The molecule has 0 bridgehead atoms. The summed E-state index contributed by atoms with van der Waals surface area (Å²) >= 11 is 0. The van der Waals surface area contributed by atoms with Gasteiger partial charge in [0.1, 0.15) is 0 Å². The molecule has 2 amide bonds. The smallest absolute Gasteiger partial charge is 0.407 e. The maximum atomic E-state index is 13.0. The van der Waals surface area contributed by atoms with Crippen molar-refractivity contribution in [3.8, 4) is 0 Å². The van der Waals surface area contributed by atoms with Gasteiger partial charge in [-0.2, -0.15) is 0 Å². The number of carbonyl (C=O) groups is 2. The lowest BCUT2D eigenvalue weighted by atomic mass is 10.0. The van der Waals surface area contributed by atoms with Crippen LogP contribution >= 0.6 is 0 Å². The fourth-order valence-corrected chi connectivity index (χ4v) is 4.09. The highest BCUT2D eigenvalue weighted by molar-refractivity contribution is 5.81. The van der Waals surface area contributed by atoms with Gasteiger partial charge in [-0.3, -0.25) is 4.90 Å². The average Bonchev–Trinajstić information content (AvgIpc) is 3.28. The molecular weight excluding hydrogens is 370 g/mol. The van der Waals surface area contributed by atoms with Gasteiger partial charge in [0.25, 0.3) is 0 Å². The number of nitrogens with zero attached hydrogens (tertiary/aromatic N) is 4. The van der Waals surface area contributed by atoms with Gasteiger partial charge in [-0.1, -0.05) is 30.3 Å². The number of alkyl carbamates (subject to hydrolysis) is 1. The van der Waals surface area contributed by atoms with E-state index in [9.17, 15) is 9.59 Å². The number of amides is 2. The molecule has 1 aromatic heterocycles. The number of rotatable bonds is 6. The fourth-order valence-electron chi connectivity index (χ4n) is 4.09. The number of aromatic nitrogens is 2. The van der Waals surface area contributed by atoms with Gasteiger partial charge in [-0.15, -0.1) is 0 Å². The lowest BCUT2D eigenvalue weighted by Gasteiger charge is -2.36. The van der Waals surface area contributed by atoms with Gasteiger partial charge in [0.15, 0.2) is 12.4 Å². The normalized spacial score (nSPS) is 17.4. The van der Waals surface area contributed by atoms with Gasteiger partial charge >= 0.3 is 12.1 Å². The van der Waals surface area contributed by atoms with Crippen molar-refractivity contribution in [3.05, 3.63) is 53.6 Å². The Balaban J connectivity index is 1.32. The molecule has 0 aliphatic carbocycles. The largest absolute Gasteiger partial charge is 0.441 e. The van der Waals surface area contributed by atoms with E-state index in [-0.39, 0.29) is 18.7 Å². The summed E-state index contributed by atoms with van der Waals surface area (Å²) in [6.45, 7) is 5.77. The van der Waals surface area contributed by atoms with Gasteiger partial charge in [0.2, 0.25) is 0 Å². The van der Waals surface area contributed by atoms with Crippen molar-refractivity contribution in [3.63, 3.8) is 0 Å². The second-order valence-corrected chi connectivity index (χ2v) is 7.51. The standard InChI is InChI=1S/C21H27N5O3/c1-2-22-20(27)29-15-19-23-12-18-14-25(21(28)26(18)19)17-8-10-24(11-9-17)13-16-6-4-3-5-7-16/h3-7,12,17H,2,8-11,13-15H2,1H3,(H,22,27). The van der Waals surface area contributed by atoms with Crippen molar-refractivity contribution in [1.82, 2.24) is 24.7 Å². The molecule has 0 radical (unpaired) electrons. The SMILES string of the molecule is CCNC(=O)OCc1ncc2n1C(=O)N(C1CCN(Cc3ccccc3)CC1)C2. The third-order valence-corrected chi connectivity index (χ3v) is 5.58. The molecule has 0 saturated carbocycles. The van der Waals surface area contributed by atoms with Gasteiger partial charge in [-0.05, 0) is 25.3 Å². The van der Waals surface area contributed by atoms with Crippen LogP contribution in [-0.4, -0.2) is 57.2 Å². The van der Waals surface area contributed by atoms with Crippen molar-refractivity contribution >= 4 is 12.1 Å². The summed E-state index contributed by atoms with van der Waals surface area (Å²) in [7, 11) is 0. The van der Waals surface area contributed by atoms with Crippen LogP contribution in [0, 0.1) is 0 Å². The number of imidazole rings is 1. The Labute approximate surface area is 170 Å². The summed E-state index contributed by atoms with van der Waals surface area (Å²) in [5, 5.41) is 2.57. The van der Waals surface area contributed by atoms with E-state index in [1.807, 2.05) is 17.9 Å². The highest BCUT2D eigenvalue weighted by atomic mass is 16.5. The lowest BCUT2D eigenvalue weighted by molar-refractivity contribution is 0.121. The van der Waals surface area contributed by atoms with E-state index in [1.54, 1.807) is 10.8 Å². The molecule has 4 rings (SSSR count). The molecule has 29 heavy (non-hydrogen) atoms. The summed E-state index contributed by atoms with van der Waals surface area (Å²) in [5.41, 5.74) is 2.18. The van der Waals surface area contributed by atoms with Gasteiger partial charge in [-0.25, -0.2) is 19.1 Å². The summed E-state index contributed by atoms with van der Waals surface area (Å²) in [4.78, 5) is 33.2. The highest BCUT2D eigenvalue weighted by Crippen LogP contribution is 2.26. The van der Waals surface area contributed by atoms with Crippen molar-refractivity contribution in [2.75, 3.05) is 19.6 Å². The molecule has 2 aliphatic rings. The molecule has 3 heterocycles. The van der Waals surface area contributed by atoms with Gasteiger partial charge in [0.05, 0.1) is 18.4 Å². The zero-order chi connectivity index (χ0) is 20.2. The number of likely N-dealkylation sites (tertiary alicyclic amines) is 1. The van der Waals surface area contributed by atoms with E-state index in [0.717, 1.165) is 38.2 Å². The monoisotopic (exact) mass is 397 g/mol. The first kappa shape index (κ1) is 19.4. The Hall–Kier alpha value is -2.87. The summed E-state index contributed by atoms with van der Waals surface area (Å²) in [5.74, 6) is 0.472. The number of carbonyl (C=O) groups excluding carboxylic acids is 2. The van der Waals surface area contributed by atoms with Crippen LogP contribution in [0.1, 0.15) is 36.8 Å². The first-order chi connectivity index (χ1) is 14.2. The first-order valence-corrected chi connectivity index (χ1v) is 10.2. The number of hydrogen-bond donors (Lipinski definition) is 1. The van der Waals surface area contributed by atoms with Crippen molar-refractivity contribution < 1.29 is 14.3 Å². The molecule has 1 aromatic carbocycles. The van der Waals surface area contributed by atoms with Crippen LogP contribution in [0.25, 0.3) is 0 Å². The molecule has 1 fully saturated rings. The van der Waals surface area contributed by atoms with Crippen LogP contribution in [0.2, 0.25) is 0 Å². The number of piperidine rings is 1. The molecule has 1 N–H and O–H groups in total. The lowest BCUT2D eigenvalue weighted by Crippen LogP contribution is -2.45. The van der Waals surface area contributed by atoms with Gasteiger partial charge in [0, 0.05) is 32.2 Å². The number of nitrogens with one attached hydrogen (secondary N) is 1. The van der Waals surface area contributed by atoms with E-state index in [4.69, 9.17) is 4.74 Å². The zero-order valence-corrected chi connectivity index (χ0v) is 16.7. The maximum Gasteiger partial charge on any atom is 0.407 e. The van der Waals surface area contributed by atoms with Crippen LogP contribution < -0.4 is 5.32 Å². The van der Waals surface area contributed by atoms with Crippen LogP contribution in [0.3, 0.4) is 0 Å². The average molecular weight is 397 g/mol. The van der Waals surface area contributed by atoms with Crippen LogP contribution in [0.15, 0.2) is 36.5 Å². The number of ether oxygens (including phenoxy) is 1. The van der Waals surface area contributed by atoms with E-state index in [2.05, 4.69) is 39.5 Å². The Kier molecular flexibility index (Phi) is 5.80. The molecule has 0 spiro atoms. The maximum absolute atomic E-state index is 13.0. The third kappa shape index (κ3) is 4.27. The number of benzene rings is 1. The molecule has 154 valence electrons. The summed E-state index contributed by atoms with van der Waals surface area (Å²) < 4.78 is 6.73. The topological polar surface area (TPSA) is 79.7 Å². The minimum absolute atomic E-state index is 0.0130. The van der Waals surface area contributed by atoms with Crippen molar-refractivity contribution in [1.29, 1.82) is 0 Å². The molecule has 8 nitrogen and oxygen atoms in total. The quantitative estimate of drug-likeness (QED) is 0.810. The summed E-state index contributed by atoms with van der Waals surface area (Å²) in [6.07, 6.45) is 3.13. The number of fused-ring (bicyclic) bond motifs is 1. The Morgan fingerprint density at radius 3 is 2.72 bits per heavy atom. The zero-order valence-electron chi connectivity index (χ0n) is 16.7. The second kappa shape index (κ2) is 8.65. The molecule has 2 aromatic rings. The molecule has 8 heteroatoms. The van der Waals surface area contributed by atoms with Crippen LogP contribution in [-0.2, 0) is 24.4 Å². The van der Waals surface area contributed by atoms with E-state index < -0.39 is 6.09 Å². The minimum Gasteiger partial charge on any atom is -0.441 e. The molecule has 0 unspecified atom stereocenters. The molecular formula is C21H27N5O3. The third-order valence-electron chi connectivity index (χ3n) is 5.58. The number of hydrogen-bond acceptors (Lipinski definition) is 5. The minimum atomic E-state index is -0.502. The van der Waals surface area contributed by atoms with E-state index in [0.29, 0.717) is 18.9 Å². The molecule has 1 saturated heterocycles. The Morgan fingerprint density at radius 2 is 2.00 bits per heavy atom. The predicted molar refractivity (Wildman–Crippen MR) is 107 cm³/mol. The highest BCUT2D eigenvalue weighted by Gasteiger charge is 2.36. The van der Waals surface area contributed by atoms with Crippen molar-refractivity contribution in [2.24, 2.45) is 0 Å². The molecule has 2 aliphatic heterocycles. The fraction of sp³-hybridized carbons (Fsp3) is 0.476.